The van der Waals surface area contributed by atoms with Crippen molar-refractivity contribution in [1.82, 2.24) is 9.78 Å². The summed E-state index contributed by atoms with van der Waals surface area (Å²) in [4.78, 5) is 14.5. The molecule has 5 nitrogen and oxygen atoms in total. The van der Waals surface area contributed by atoms with E-state index in [1.165, 1.54) is 0 Å². The zero-order valence-corrected chi connectivity index (χ0v) is 13.5. The van der Waals surface area contributed by atoms with Crippen LogP contribution in [0, 0.1) is 6.92 Å². The highest BCUT2D eigenvalue weighted by atomic mass is 16.5. The van der Waals surface area contributed by atoms with Gasteiger partial charge in [-0.2, -0.15) is 5.10 Å². The predicted octanol–water partition coefficient (Wildman–Crippen LogP) is 2.46. The summed E-state index contributed by atoms with van der Waals surface area (Å²) in [6.45, 7) is 5.29. The predicted molar refractivity (Wildman–Crippen MR) is 90.8 cm³/mol. The largest absolute Gasteiger partial charge is 0.378 e. The zero-order chi connectivity index (χ0) is 16.2. The second-order valence-electron chi connectivity index (χ2n) is 5.65. The van der Waals surface area contributed by atoms with E-state index in [9.17, 15) is 4.79 Å². The maximum absolute atomic E-state index is 12.3. The molecule has 0 radical (unpaired) electrons. The topological polar surface area (TPSA) is 47.4 Å². The lowest BCUT2D eigenvalue weighted by molar-refractivity contribution is 0.104. The number of carbonyl (C=O) groups excluding carboxylic acids is 1. The molecule has 1 aliphatic heterocycles. The molecule has 0 saturated carbocycles. The maximum atomic E-state index is 12.3. The van der Waals surface area contributed by atoms with Gasteiger partial charge in [-0.3, -0.25) is 9.48 Å². The van der Waals surface area contributed by atoms with Crippen LogP contribution in [-0.4, -0.2) is 41.9 Å². The summed E-state index contributed by atoms with van der Waals surface area (Å²) in [6.07, 6.45) is 5.19. The molecule has 120 valence electrons. The number of carbonyl (C=O) groups is 1. The molecule has 3 rings (SSSR count). The van der Waals surface area contributed by atoms with E-state index in [0.29, 0.717) is 5.56 Å². The smallest absolute Gasteiger partial charge is 0.185 e. The molecule has 0 bridgehead atoms. The SMILES string of the molecule is Cc1c(/C=C/C(=O)c2ccc(N3CCOCC3)cc2)cnn1C. The Balaban J connectivity index is 1.69. The molecule has 1 aliphatic rings. The van der Waals surface area contributed by atoms with Gasteiger partial charge in [0.2, 0.25) is 0 Å². The van der Waals surface area contributed by atoms with Crippen LogP contribution in [0.3, 0.4) is 0 Å². The van der Waals surface area contributed by atoms with Crippen molar-refractivity contribution in [3.8, 4) is 0 Å². The molecule has 0 atom stereocenters. The first-order chi connectivity index (χ1) is 11.1. The second-order valence-corrected chi connectivity index (χ2v) is 5.65. The molecule has 0 spiro atoms. The minimum Gasteiger partial charge on any atom is -0.378 e. The lowest BCUT2D eigenvalue weighted by Crippen LogP contribution is -2.36. The molecule has 1 aromatic carbocycles. The number of ether oxygens (including phenoxy) is 1. The molecular weight excluding hydrogens is 290 g/mol. The monoisotopic (exact) mass is 311 g/mol. The third-order valence-corrected chi connectivity index (χ3v) is 4.22. The number of hydrogen-bond donors (Lipinski definition) is 0. The van der Waals surface area contributed by atoms with Crippen LogP contribution < -0.4 is 4.90 Å². The summed E-state index contributed by atoms with van der Waals surface area (Å²) >= 11 is 0. The van der Waals surface area contributed by atoms with Gasteiger partial charge in [0.05, 0.1) is 19.4 Å². The van der Waals surface area contributed by atoms with Crippen molar-refractivity contribution in [2.75, 3.05) is 31.2 Å². The number of ketones is 1. The van der Waals surface area contributed by atoms with Crippen molar-refractivity contribution in [1.29, 1.82) is 0 Å². The summed E-state index contributed by atoms with van der Waals surface area (Å²) < 4.78 is 7.15. The van der Waals surface area contributed by atoms with Crippen LogP contribution >= 0.6 is 0 Å². The van der Waals surface area contributed by atoms with Crippen molar-refractivity contribution in [3.05, 3.63) is 53.4 Å². The number of morpholine rings is 1. The average molecular weight is 311 g/mol. The molecule has 1 aromatic heterocycles. The van der Waals surface area contributed by atoms with Crippen LogP contribution in [0.15, 0.2) is 36.5 Å². The molecule has 0 N–H and O–H groups in total. The van der Waals surface area contributed by atoms with Crippen molar-refractivity contribution < 1.29 is 9.53 Å². The number of allylic oxidation sites excluding steroid dienone is 1. The number of aromatic nitrogens is 2. The minimum absolute atomic E-state index is 0.00165. The van der Waals surface area contributed by atoms with Crippen LogP contribution in [0.1, 0.15) is 21.6 Å². The van der Waals surface area contributed by atoms with E-state index in [1.807, 2.05) is 44.3 Å². The van der Waals surface area contributed by atoms with Crippen molar-refractivity contribution in [2.24, 2.45) is 7.05 Å². The Bertz CT molecular complexity index is 710. The van der Waals surface area contributed by atoms with E-state index in [2.05, 4.69) is 10.00 Å². The van der Waals surface area contributed by atoms with E-state index in [1.54, 1.807) is 17.0 Å². The van der Waals surface area contributed by atoms with Gasteiger partial charge in [-0.05, 0) is 43.3 Å². The van der Waals surface area contributed by atoms with Gasteiger partial charge in [-0.15, -0.1) is 0 Å². The van der Waals surface area contributed by atoms with Crippen LogP contribution in [0.25, 0.3) is 6.08 Å². The Morgan fingerprint density at radius 2 is 1.91 bits per heavy atom. The van der Waals surface area contributed by atoms with E-state index in [4.69, 9.17) is 4.74 Å². The second kappa shape index (κ2) is 6.79. The third kappa shape index (κ3) is 3.51. The Kier molecular flexibility index (Phi) is 4.57. The van der Waals surface area contributed by atoms with E-state index in [-0.39, 0.29) is 5.78 Å². The van der Waals surface area contributed by atoms with E-state index >= 15 is 0 Å². The summed E-state index contributed by atoms with van der Waals surface area (Å²) in [6, 6.07) is 7.77. The maximum Gasteiger partial charge on any atom is 0.185 e. The van der Waals surface area contributed by atoms with Gasteiger partial charge in [0.15, 0.2) is 5.78 Å². The first kappa shape index (κ1) is 15.5. The van der Waals surface area contributed by atoms with E-state index in [0.717, 1.165) is 43.2 Å². The fraction of sp³-hybridized carbons (Fsp3) is 0.333. The van der Waals surface area contributed by atoms with Gasteiger partial charge in [-0.1, -0.05) is 0 Å². The molecule has 1 fully saturated rings. The fourth-order valence-electron chi connectivity index (χ4n) is 2.60. The summed E-state index contributed by atoms with van der Waals surface area (Å²) in [5, 5.41) is 4.17. The number of rotatable bonds is 4. The molecule has 0 amide bonds. The number of benzene rings is 1. The molecule has 2 aromatic rings. The van der Waals surface area contributed by atoms with Crippen LogP contribution in [0.4, 0.5) is 5.69 Å². The fourth-order valence-corrected chi connectivity index (χ4v) is 2.60. The van der Waals surface area contributed by atoms with Gasteiger partial charge < -0.3 is 9.64 Å². The Labute approximate surface area is 136 Å². The summed E-state index contributed by atoms with van der Waals surface area (Å²) in [7, 11) is 1.89. The number of anilines is 1. The Morgan fingerprint density at radius 1 is 1.22 bits per heavy atom. The first-order valence-corrected chi connectivity index (χ1v) is 7.79. The van der Waals surface area contributed by atoms with Gasteiger partial charge in [0.25, 0.3) is 0 Å². The number of nitrogens with zero attached hydrogens (tertiary/aromatic N) is 3. The van der Waals surface area contributed by atoms with Crippen molar-refractivity contribution >= 4 is 17.5 Å². The average Bonchev–Trinajstić information content (AvgIpc) is 2.92. The number of hydrogen-bond acceptors (Lipinski definition) is 4. The summed E-state index contributed by atoms with van der Waals surface area (Å²) in [5.41, 5.74) is 3.83. The van der Waals surface area contributed by atoms with Gasteiger partial charge in [0, 0.05) is 42.6 Å². The van der Waals surface area contributed by atoms with Gasteiger partial charge >= 0.3 is 0 Å². The highest BCUT2D eigenvalue weighted by Crippen LogP contribution is 2.17. The molecular formula is C18H21N3O2. The lowest BCUT2D eigenvalue weighted by Gasteiger charge is -2.28. The number of aryl methyl sites for hydroxylation is 1. The Morgan fingerprint density at radius 3 is 2.52 bits per heavy atom. The highest BCUT2D eigenvalue weighted by molar-refractivity contribution is 6.07. The quantitative estimate of drug-likeness (QED) is 0.643. The van der Waals surface area contributed by atoms with Crippen LogP contribution in [-0.2, 0) is 11.8 Å². The standard InChI is InChI=1S/C18H21N3O2/c1-14-16(13-19-20(14)2)5-8-18(22)15-3-6-17(7-4-15)21-9-11-23-12-10-21/h3-8,13H,9-12H2,1-2H3/b8-5+. The van der Waals surface area contributed by atoms with Crippen molar-refractivity contribution in [2.45, 2.75) is 6.92 Å². The molecule has 5 heteroatoms. The van der Waals surface area contributed by atoms with Crippen LogP contribution in [0.2, 0.25) is 0 Å². The van der Waals surface area contributed by atoms with E-state index < -0.39 is 0 Å². The molecule has 0 unspecified atom stereocenters. The lowest BCUT2D eigenvalue weighted by atomic mass is 10.1. The molecule has 2 heterocycles. The van der Waals surface area contributed by atoms with Crippen LogP contribution in [0.5, 0.6) is 0 Å². The normalized spacial score (nSPS) is 15.3. The zero-order valence-electron chi connectivity index (χ0n) is 13.5. The third-order valence-electron chi connectivity index (χ3n) is 4.22. The highest BCUT2D eigenvalue weighted by Gasteiger charge is 2.11. The Hall–Kier alpha value is -2.40. The van der Waals surface area contributed by atoms with Gasteiger partial charge in [-0.25, -0.2) is 0 Å². The molecule has 0 aliphatic carbocycles. The first-order valence-electron chi connectivity index (χ1n) is 7.79. The molecule has 23 heavy (non-hydrogen) atoms. The minimum atomic E-state index is 0.00165. The van der Waals surface area contributed by atoms with Gasteiger partial charge in [0.1, 0.15) is 0 Å². The molecule has 1 saturated heterocycles. The summed E-state index contributed by atoms with van der Waals surface area (Å²) in [5.74, 6) is 0.00165. The van der Waals surface area contributed by atoms with Crippen molar-refractivity contribution in [3.63, 3.8) is 0 Å².